The van der Waals surface area contributed by atoms with Crippen molar-refractivity contribution in [3.8, 4) is 11.5 Å². The van der Waals surface area contributed by atoms with Gasteiger partial charge in [-0.3, -0.25) is 14.9 Å². The van der Waals surface area contributed by atoms with Gasteiger partial charge >= 0.3 is 0 Å². The number of aliphatic hydroxyl groups excluding tert-OH is 1. The number of benzene rings is 1. The number of ketones is 1. The number of aliphatic hydroxyl groups is 1. The molecule has 0 aliphatic carbocycles. The van der Waals surface area contributed by atoms with Gasteiger partial charge < -0.3 is 25.6 Å². The van der Waals surface area contributed by atoms with Crippen LogP contribution in [0.5, 0.6) is 11.5 Å². The summed E-state index contributed by atoms with van der Waals surface area (Å²) in [6, 6.07) is 3.43. The van der Waals surface area contributed by atoms with Crippen LogP contribution in [0.3, 0.4) is 0 Å². The Hall–Kier alpha value is -2.16. The van der Waals surface area contributed by atoms with Crippen LogP contribution >= 0.6 is 0 Å². The summed E-state index contributed by atoms with van der Waals surface area (Å²) in [6.07, 6.45) is -1.44. The van der Waals surface area contributed by atoms with Gasteiger partial charge in [0.25, 0.3) is 0 Å². The van der Waals surface area contributed by atoms with E-state index in [0.717, 1.165) is 0 Å². The van der Waals surface area contributed by atoms with E-state index in [-0.39, 0.29) is 12.6 Å². The second-order valence-electron chi connectivity index (χ2n) is 5.82. The summed E-state index contributed by atoms with van der Waals surface area (Å²) >= 11 is 0. The molecule has 0 aromatic heterocycles. The second-order valence-corrected chi connectivity index (χ2v) is 5.82. The monoisotopic (exact) mass is 337 g/mol. The standard InChI is InChI=1S/C16H23N3O5/c1-8(18-10(3)19-16(22)14(17)9(2)20)15(21)11-4-5-12-13(6-11)24-7-23-12/h4-6,8-10,14,18,20H,7,17H2,1-3H3,(H,19,22). The fraction of sp³-hybridized carbons (Fsp3) is 0.500. The van der Waals surface area contributed by atoms with Crippen LogP contribution in [0.15, 0.2) is 18.2 Å². The van der Waals surface area contributed by atoms with Crippen LogP contribution < -0.4 is 25.8 Å². The van der Waals surface area contributed by atoms with E-state index in [1.54, 1.807) is 32.0 Å². The van der Waals surface area contributed by atoms with Crippen LogP contribution in [0, 0.1) is 0 Å². The summed E-state index contributed by atoms with van der Waals surface area (Å²) in [7, 11) is 0. The van der Waals surface area contributed by atoms with Gasteiger partial charge in [-0.15, -0.1) is 0 Å². The number of hydrogen-bond acceptors (Lipinski definition) is 7. The summed E-state index contributed by atoms with van der Waals surface area (Å²) in [5.41, 5.74) is 6.04. The van der Waals surface area contributed by atoms with Crippen LogP contribution in [0.2, 0.25) is 0 Å². The van der Waals surface area contributed by atoms with Crippen molar-refractivity contribution in [2.24, 2.45) is 5.73 Å². The maximum atomic E-state index is 12.5. The lowest BCUT2D eigenvalue weighted by atomic mass is 10.0. The molecule has 1 aliphatic rings. The van der Waals surface area contributed by atoms with Crippen LogP contribution in [0.25, 0.3) is 0 Å². The Kier molecular flexibility index (Phi) is 5.76. The smallest absolute Gasteiger partial charge is 0.240 e. The van der Waals surface area contributed by atoms with E-state index < -0.39 is 30.3 Å². The minimum atomic E-state index is -1.02. The zero-order valence-electron chi connectivity index (χ0n) is 13.9. The average Bonchev–Trinajstić information content (AvgIpc) is 3.00. The highest BCUT2D eigenvalue weighted by Crippen LogP contribution is 2.32. The largest absolute Gasteiger partial charge is 0.454 e. The van der Waals surface area contributed by atoms with Crippen molar-refractivity contribution in [3.05, 3.63) is 23.8 Å². The van der Waals surface area contributed by atoms with Crippen molar-refractivity contribution in [3.63, 3.8) is 0 Å². The zero-order valence-corrected chi connectivity index (χ0v) is 13.9. The van der Waals surface area contributed by atoms with Gasteiger partial charge in [0, 0.05) is 5.56 Å². The van der Waals surface area contributed by atoms with Gasteiger partial charge in [0.15, 0.2) is 17.3 Å². The highest BCUT2D eigenvalue weighted by Gasteiger charge is 2.23. The number of ether oxygens (including phenoxy) is 2. The Balaban J connectivity index is 1.92. The van der Waals surface area contributed by atoms with Gasteiger partial charge in [-0.1, -0.05) is 0 Å². The Morgan fingerprint density at radius 2 is 1.88 bits per heavy atom. The molecular formula is C16H23N3O5. The van der Waals surface area contributed by atoms with Crippen molar-refractivity contribution in [1.29, 1.82) is 0 Å². The van der Waals surface area contributed by atoms with Crippen molar-refractivity contribution < 1.29 is 24.2 Å². The second kappa shape index (κ2) is 7.61. The number of nitrogens with two attached hydrogens (primary N) is 1. The van der Waals surface area contributed by atoms with Gasteiger partial charge in [0.2, 0.25) is 12.7 Å². The van der Waals surface area contributed by atoms with E-state index in [2.05, 4.69) is 10.6 Å². The third-order valence-electron chi connectivity index (χ3n) is 3.73. The molecule has 0 saturated carbocycles. The molecule has 0 bridgehead atoms. The van der Waals surface area contributed by atoms with E-state index in [9.17, 15) is 14.7 Å². The predicted octanol–water partition coefficient (Wildman–Crippen LogP) is -0.254. The fourth-order valence-corrected chi connectivity index (χ4v) is 2.32. The Labute approximate surface area is 140 Å². The first-order chi connectivity index (χ1) is 11.3. The van der Waals surface area contributed by atoms with Gasteiger partial charge in [-0.25, -0.2) is 0 Å². The van der Waals surface area contributed by atoms with Crippen molar-refractivity contribution in [2.75, 3.05) is 6.79 Å². The number of fused-ring (bicyclic) bond motifs is 1. The van der Waals surface area contributed by atoms with Crippen LogP contribution in [0.4, 0.5) is 0 Å². The third kappa shape index (κ3) is 4.22. The minimum Gasteiger partial charge on any atom is -0.454 e. The van der Waals surface area contributed by atoms with Gasteiger partial charge in [-0.05, 0) is 39.0 Å². The molecule has 1 aliphatic heterocycles. The molecule has 8 nitrogen and oxygen atoms in total. The fourth-order valence-electron chi connectivity index (χ4n) is 2.32. The average molecular weight is 337 g/mol. The van der Waals surface area contributed by atoms with E-state index in [1.165, 1.54) is 6.92 Å². The molecule has 1 amide bonds. The van der Waals surface area contributed by atoms with E-state index in [4.69, 9.17) is 15.2 Å². The number of rotatable bonds is 7. The lowest BCUT2D eigenvalue weighted by Gasteiger charge is -2.23. The van der Waals surface area contributed by atoms with Gasteiger partial charge in [-0.2, -0.15) is 0 Å². The van der Waals surface area contributed by atoms with Crippen molar-refractivity contribution in [2.45, 2.75) is 45.1 Å². The first-order valence-electron chi connectivity index (χ1n) is 7.73. The van der Waals surface area contributed by atoms with Crippen LogP contribution in [0.1, 0.15) is 31.1 Å². The molecule has 0 saturated heterocycles. The molecule has 4 unspecified atom stereocenters. The van der Waals surface area contributed by atoms with E-state index in [0.29, 0.717) is 17.1 Å². The first-order valence-corrected chi connectivity index (χ1v) is 7.73. The maximum Gasteiger partial charge on any atom is 0.240 e. The molecule has 2 rings (SSSR count). The SMILES string of the molecule is CC(NC(=O)C(N)C(C)O)NC(C)C(=O)c1ccc2c(c1)OCO2. The minimum absolute atomic E-state index is 0.144. The quantitative estimate of drug-likeness (QED) is 0.399. The summed E-state index contributed by atoms with van der Waals surface area (Å²) < 4.78 is 10.5. The highest BCUT2D eigenvalue weighted by molar-refractivity contribution is 6.00. The van der Waals surface area contributed by atoms with E-state index >= 15 is 0 Å². The summed E-state index contributed by atoms with van der Waals surface area (Å²) in [5, 5.41) is 14.9. The molecule has 8 heteroatoms. The third-order valence-corrected chi connectivity index (χ3v) is 3.73. The molecular weight excluding hydrogens is 314 g/mol. The maximum absolute atomic E-state index is 12.5. The molecule has 0 radical (unpaired) electrons. The Bertz CT molecular complexity index is 620. The lowest BCUT2D eigenvalue weighted by Crippen LogP contribution is -2.55. The summed E-state index contributed by atoms with van der Waals surface area (Å²) in [6.45, 7) is 4.97. The predicted molar refractivity (Wildman–Crippen MR) is 86.8 cm³/mol. The molecule has 0 spiro atoms. The number of carbonyl (C=O) groups is 2. The highest BCUT2D eigenvalue weighted by atomic mass is 16.7. The molecule has 5 N–H and O–H groups in total. The Morgan fingerprint density at radius 1 is 1.21 bits per heavy atom. The first kappa shape index (κ1) is 18.2. The molecule has 1 heterocycles. The Morgan fingerprint density at radius 3 is 2.54 bits per heavy atom. The molecule has 0 fully saturated rings. The van der Waals surface area contributed by atoms with Crippen molar-refractivity contribution >= 4 is 11.7 Å². The number of carbonyl (C=O) groups excluding carboxylic acids is 2. The zero-order chi connectivity index (χ0) is 17.9. The number of hydrogen-bond donors (Lipinski definition) is 4. The van der Waals surface area contributed by atoms with Crippen LogP contribution in [-0.2, 0) is 4.79 Å². The molecule has 1 aromatic rings. The summed E-state index contributed by atoms with van der Waals surface area (Å²) in [4.78, 5) is 24.3. The topological polar surface area (TPSA) is 123 Å². The summed E-state index contributed by atoms with van der Waals surface area (Å²) in [5.74, 6) is 0.513. The number of Topliss-reactive ketones (excluding diaryl/α,β-unsaturated/α-hetero) is 1. The van der Waals surface area contributed by atoms with Gasteiger partial charge in [0.1, 0.15) is 6.04 Å². The molecule has 1 aromatic carbocycles. The van der Waals surface area contributed by atoms with E-state index in [1.807, 2.05) is 0 Å². The normalized spacial score (nSPS) is 17.7. The van der Waals surface area contributed by atoms with Gasteiger partial charge in [0.05, 0.1) is 18.3 Å². The van der Waals surface area contributed by atoms with Crippen LogP contribution in [-0.4, -0.2) is 47.9 Å². The molecule has 132 valence electrons. The number of amides is 1. The van der Waals surface area contributed by atoms with Crippen molar-refractivity contribution in [1.82, 2.24) is 10.6 Å². The molecule has 24 heavy (non-hydrogen) atoms. The lowest BCUT2D eigenvalue weighted by molar-refractivity contribution is -0.125. The number of nitrogens with one attached hydrogen (secondary N) is 2. The molecule has 4 atom stereocenters.